The third-order valence-corrected chi connectivity index (χ3v) is 3.77. The topological polar surface area (TPSA) is 58.2 Å². The maximum absolute atomic E-state index is 10.8. The van der Waals surface area contributed by atoms with Crippen LogP contribution >= 0.6 is 23.2 Å². The molecule has 0 spiro atoms. The normalized spacial score (nSPS) is 29.0. The van der Waals surface area contributed by atoms with Gasteiger partial charge in [-0.1, -0.05) is 0 Å². The number of hydrogen-bond acceptors (Lipinski definition) is 2. The summed E-state index contributed by atoms with van der Waals surface area (Å²) in [5.74, 6) is -0.0108. The van der Waals surface area contributed by atoms with Crippen LogP contribution in [0.2, 0.25) is 0 Å². The molecule has 2 amide bonds. The van der Waals surface area contributed by atoms with Crippen molar-refractivity contribution in [1.29, 1.82) is 0 Å². The van der Waals surface area contributed by atoms with E-state index in [1.165, 1.54) is 0 Å². The number of amides is 2. The van der Waals surface area contributed by atoms with Gasteiger partial charge >= 0.3 is 0 Å². The second-order valence-electron chi connectivity index (χ2n) is 4.51. The summed E-state index contributed by atoms with van der Waals surface area (Å²) in [7, 11) is 0. The van der Waals surface area contributed by atoms with Gasteiger partial charge in [-0.15, -0.1) is 23.2 Å². The molecular weight excluding hydrogens is 275 g/mol. The van der Waals surface area contributed by atoms with Crippen molar-refractivity contribution < 1.29 is 9.59 Å². The maximum atomic E-state index is 10.8. The van der Waals surface area contributed by atoms with Crippen LogP contribution in [0.15, 0.2) is 0 Å². The fraction of sp³-hybridized carbons (Fsp3) is 0.833. The van der Waals surface area contributed by atoms with E-state index < -0.39 is 0 Å². The molecule has 0 saturated carbocycles. The Hall–Kier alpha value is -0.480. The summed E-state index contributed by atoms with van der Waals surface area (Å²) in [5, 5.41) is 4.88. The highest BCUT2D eigenvalue weighted by atomic mass is 35.5. The quantitative estimate of drug-likeness (QED) is 0.669. The van der Waals surface area contributed by atoms with Crippen LogP contribution in [0.25, 0.3) is 0 Å². The minimum atomic E-state index is -0.285. The summed E-state index contributed by atoms with van der Waals surface area (Å²) in [6.45, 7) is 1.59. The largest absolute Gasteiger partial charge is 0.355 e. The smallest absolute Gasteiger partial charge is 0.238 e. The van der Waals surface area contributed by atoms with Crippen molar-refractivity contribution in [3.8, 4) is 0 Å². The van der Waals surface area contributed by atoms with E-state index in [-0.39, 0.29) is 22.6 Å². The molecular formula is C12H20Cl2N2O2. The van der Waals surface area contributed by atoms with Crippen molar-refractivity contribution in [2.75, 3.05) is 13.1 Å². The average molecular weight is 295 g/mol. The van der Waals surface area contributed by atoms with Gasteiger partial charge in [0.1, 0.15) is 10.8 Å². The molecule has 2 unspecified atom stereocenters. The number of alkyl halides is 2. The Bertz CT molecular complexity index is 259. The Balaban J connectivity index is 0.000000180. The Kier molecular flexibility index (Phi) is 7.44. The SMILES string of the molecule is O=C1NCCCCC1Cl.O=C1NCCCCC1Cl. The molecule has 104 valence electrons. The molecule has 2 aliphatic rings. The Labute approximate surface area is 118 Å². The molecule has 0 aromatic rings. The Morgan fingerprint density at radius 1 is 0.778 bits per heavy atom. The van der Waals surface area contributed by atoms with Crippen LogP contribution in [-0.2, 0) is 9.59 Å². The maximum Gasteiger partial charge on any atom is 0.238 e. The number of rotatable bonds is 0. The van der Waals surface area contributed by atoms with E-state index in [9.17, 15) is 9.59 Å². The van der Waals surface area contributed by atoms with Crippen molar-refractivity contribution in [1.82, 2.24) is 10.6 Å². The fourth-order valence-electron chi connectivity index (χ4n) is 1.80. The number of halogens is 2. The molecule has 2 atom stereocenters. The van der Waals surface area contributed by atoms with Gasteiger partial charge in [-0.2, -0.15) is 0 Å². The van der Waals surface area contributed by atoms with Crippen molar-refractivity contribution in [3.05, 3.63) is 0 Å². The summed E-state index contributed by atoms with van der Waals surface area (Å²) in [6.07, 6.45) is 5.91. The van der Waals surface area contributed by atoms with E-state index in [4.69, 9.17) is 23.2 Å². The minimum absolute atomic E-state index is 0.00540. The first kappa shape index (κ1) is 15.6. The van der Waals surface area contributed by atoms with Gasteiger partial charge in [0.15, 0.2) is 0 Å². The average Bonchev–Trinajstić information content (AvgIpc) is 2.65. The van der Waals surface area contributed by atoms with Crippen LogP contribution in [0, 0.1) is 0 Å². The highest BCUT2D eigenvalue weighted by Gasteiger charge is 2.17. The molecule has 0 bridgehead atoms. The van der Waals surface area contributed by atoms with Crippen LogP contribution in [-0.4, -0.2) is 35.7 Å². The van der Waals surface area contributed by atoms with E-state index >= 15 is 0 Å². The van der Waals surface area contributed by atoms with Crippen LogP contribution in [0.3, 0.4) is 0 Å². The molecule has 2 rings (SSSR count). The van der Waals surface area contributed by atoms with Gasteiger partial charge in [0.05, 0.1) is 0 Å². The zero-order valence-corrected chi connectivity index (χ0v) is 11.9. The predicted octanol–water partition coefficient (Wildman–Crippen LogP) is 1.79. The number of hydrogen-bond donors (Lipinski definition) is 2. The molecule has 18 heavy (non-hydrogen) atoms. The summed E-state index contributed by atoms with van der Waals surface area (Å²) < 4.78 is 0. The third kappa shape index (κ3) is 5.91. The standard InChI is InChI=1S/2C6H10ClNO/c2*7-5-3-1-2-4-8-6(5)9/h2*5H,1-4H2,(H,8,9). The molecule has 2 heterocycles. The lowest BCUT2D eigenvalue weighted by Crippen LogP contribution is -2.29. The molecule has 2 fully saturated rings. The molecule has 4 nitrogen and oxygen atoms in total. The highest BCUT2D eigenvalue weighted by Crippen LogP contribution is 2.10. The highest BCUT2D eigenvalue weighted by molar-refractivity contribution is 6.31. The van der Waals surface area contributed by atoms with Gasteiger partial charge in [-0.3, -0.25) is 9.59 Å². The van der Waals surface area contributed by atoms with Crippen molar-refractivity contribution in [2.24, 2.45) is 0 Å². The van der Waals surface area contributed by atoms with Crippen molar-refractivity contribution >= 4 is 35.0 Å². The zero-order chi connectivity index (χ0) is 13.4. The van der Waals surface area contributed by atoms with E-state index in [2.05, 4.69) is 10.6 Å². The Morgan fingerprint density at radius 3 is 1.56 bits per heavy atom. The van der Waals surface area contributed by atoms with Crippen LogP contribution in [0.5, 0.6) is 0 Å². The first-order valence-electron chi connectivity index (χ1n) is 6.45. The van der Waals surface area contributed by atoms with Crippen molar-refractivity contribution in [2.45, 2.75) is 49.3 Å². The van der Waals surface area contributed by atoms with Gasteiger partial charge in [-0.05, 0) is 38.5 Å². The summed E-state index contributed by atoms with van der Waals surface area (Å²) in [6, 6.07) is 0. The molecule has 2 N–H and O–H groups in total. The van der Waals surface area contributed by atoms with E-state index in [0.29, 0.717) is 0 Å². The van der Waals surface area contributed by atoms with Gasteiger partial charge in [0.2, 0.25) is 11.8 Å². The second kappa shape index (κ2) is 8.59. The van der Waals surface area contributed by atoms with E-state index in [0.717, 1.165) is 51.6 Å². The van der Waals surface area contributed by atoms with Crippen LogP contribution in [0.4, 0.5) is 0 Å². The molecule has 2 saturated heterocycles. The lowest BCUT2D eigenvalue weighted by molar-refractivity contribution is -0.121. The Morgan fingerprint density at radius 2 is 1.17 bits per heavy atom. The zero-order valence-electron chi connectivity index (χ0n) is 10.4. The molecule has 0 radical (unpaired) electrons. The predicted molar refractivity (Wildman–Crippen MR) is 73.0 cm³/mol. The first-order valence-corrected chi connectivity index (χ1v) is 7.32. The minimum Gasteiger partial charge on any atom is -0.355 e. The van der Waals surface area contributed by atoms with E-state index in [1.807, 2.05) is 0 Å². The van der Waals surface area contributed by atoms with E-state index in [1.54, 1.807) is 0 Å². The summed E-state index contributed by atoms with van der Waals surface area (Å²) >= 11 is 11.3. The van der Waals surface area contributed by atoms with Crippen molar-refractivity contribution in [3.63, 3.8) is 0 Å². The van der Waals surface area contributed by atoms with Gasteiger partial charge in [0, 0.05) is 13.1 Å². The fourth-order valence-corrected chi connectivity index (χ4v) is 2.27. The third-order valence-electron chi connectivity index (χ3n) is 2.94. The van der Waals surface area contributed by atoms with Gasteiger partial charge in [-0.25, -0.2) is 0 Å². The molecule has 2 aliphatic heterocycles. The number of carbonyl (C=O) groups is 2. The lowest BCUT2D eigenvalue weighted by atomic mass is 10.2. The monoisotopic (exact) mass is 294 g/mol. The van der Waals surface area contributed by atoms with Gasteiger partial charge < -0.3 is 10.6 Å². The first-order chi connectivity index (χ1) is 8.61. The lowest BCUT2D eigenvalue weighted by Gasteiger charge is -2.01. The molecule has 0 aromatic carbocycles. The number of carbonyl (C=O) groups excluding carboxylic acids is 2. The van der Waals surface area contributed by atoms with Gasteiger partial charge in [0.25, 0.3) is 0 Å². The summed E-state index contributed by atoms with van der Waals surface area (Å²) in [5.41, 5.74) is 0. The van der Waals surface area contributed by atoms with Crippen LogP contribution < -0.4 is 10.6 Å². The molecule has 0 aromatic heterocycles. The van der Waals surface area contributed by atoms with Crippen LogP contribution in [0.1, 0.15) is 38.5 Å². The number of nitrogens with one attached hydrogen (secondary N) is 2. The second-order valence-corrected chi connectivity index (χ2v) is 5.56. The molecule has 0 aliphatic carbocycles. The molecule has 6 heteroatoms. The summed E-state index contributed by atoms with van der Waals surface area (Å²) in [4.78, 5) is 21.5.